The molecule has 0 fully saturated rings. The van der Waals surface area contributed by atoms with Gasteiger partial charge >= 0.3 is 0 Å². The third-order valence-electron chi connectivity index (χ3n) is 4.57. The van der Waals surface area contributed by atoms with E-state index in [9.17, 15) is 9.59 Å². The van der Waals surface area contributed by atoms with Gasteiger partial charge in [-0.2, -0.15) is 0 Å². The number of aromatic nitrogens is 3. The molecule has 1 N–H and O–H groups in total. The topological polar surface area (TPSA) is 76.9 Å². The van der Waals surface area contributed by atoms with Gasteiger partial charge in [-0.3, -0.25) is 14.2 Å². The van der Waals surface area contributed by atoms with Crippen molar-refractivity contribution in [3.05, 3.63) is 85.3 Å². The zero-order valence-electron chi connectivity index (χ0n) is 15.9. The lowest BCUT2D eigenvalue weighted by Crippen LogP contribution is -2.28. The third kappa shape index (κ3) is 4.23. The number of halogens is 2. The van der Waals surface area contributed by atoms with Crippen LogP contribution in [0.2, 0.25) is 10.0 Å². The summed E-state index contributed by atoms with van der Waals surface area (Å²) in [7, 11) is 0. The molecular formula is C21H16Cl2N4O2S. The Kier molecular flexibility index (Phi) is 5.85. The number of hydrogen-bond donors (Lipinski definition) is 1. The minimum atomic E-state index is -0.354. The highest BCUT2D eigenvalue weighted by atomic mass is 35.5. The first-order chi connectivity index (χ1) is 14.4. The molecule has 0 aliphatic rings. The largest absolute Gasteiger partial charge is 0.300 e. The van der Waals surface area contributed by atoms with Gasteiger partial charge in [-0.15, -0.1) is 11.3 Å². The number of benzene rings is 2. The minimum Gasteiger partial charge on any atom is -0.300 e. The van der Waals surface area contributed by atoms with Crippen molar-refractivity contribution in [2.24, 2.45) is 0 Å². The first-order valence-electron chi connectivity index (χ1n) is 9.04. The minimum absolute atomic E-state index is 0.148. The number of hydrogen-bond acceptors (Lipinski definition) is 5. The van der Waals surface area contributed by atoms with Crippen molar-refractivity contribution in [1.29, 1.82) is 0 Å². The van der Waals surface area contributed by atoms with Crippen molar-refractivity contribution < 1.29 is 4.79 Å². The predicted molar refractivity (Wildman–Crippen MR) is 121 cm³/mol. The smallest absolute Gasteiger partial charge is 0.261 e. The molecule has 4 rings (SSSR count). The van der Waals surface area contributed by atoms with E-state index in [-0.39, 0.29) is 18.0 Å². The highest BCUT2D eigenvalue weighted by Crippen LogP contribution is 2.29. The van der Waals surface area contributed by atoms with Crippen LogP contribution in [0.4, 0.5) is 5.13 Å². The molecule has 0 saturated heterocycles. The Morgan fingerprint density at radius 3 is 2.80 bits per heavy atom. The molecule has 0 bridgehead atoms. The van der Waals surface area contributed by atoms with Gasteiger partial charge < -0.3 is 5.32 Å². The van der Waals surface area contributed by atoms with Gasteiger partial charge in [-0.1, -0.05) is 47.5 Å². The monoisotopic (exact) mass is 458 g/mol. The summed E-state index contributed by atoms with van der Waals surface area (Å²) in [6.07, 6.45) is 3.63. The SMILES string of the molecule is Cc1cccc2c(=O)n(CC(=O)Nc3ncc(Cc4cccc(Cl)c4Cl)s3)cnc12. The summed E-state index contributed by atoms with van der Waals surface area (Å²) >= 11 is 13.6. The van der Waals surface area contributed by atoms with E-state index in [1.165, 1.54) is 22.2 Å². The number of nitrogens with one attached hydrogen (secondary N) is 1. The quantitative estimate of drug-likeness (QED) is 0.470. The van der Waals surface area contributed by atoms with E-state index in [2.05, 4.69) is 15.3 Å². The van der Waals surface area contributed by atoms with Gasteiger partial charge in [0.2, 0.25) is 5.91 Å². The molecule has 0 saturated carbocycles. The molecule has 0 atom stereocenters. The molecule has 152 valence electrons. The maximum absolute atomic E-state index is 12.6. The number of fused-ring (bicyclic) bond motifs is 1. The first kappa shape index (κ1) is 20.5. The number of para-hydroxylation sites is 1. The van der Waals surface area contributed by atoms with Crippen molar-refractivity contribution in [3.63, 3.8) is 0 Å². The van der Waals surface area contributed by atoms with Crippen LogP contribution in [-0.2, 0) is 17.8 Å². The van der Waals surface area contributed by atoms with Crippen LogP contribution < -0.4 is 10.9 Å². The van der Waals surface area contributed by atoms with E-state index in [1.54, 1.807) is 24.4 Å². The Morgan fingerprint density at radius 2 is 1.97 bits per heavy atom. The molecule has 0 aliphatic heterocycles. The van der Waals surface area contributed by atoms with Crippen molar-refractivity contribution in [1.82, 2.24) is 14.5 Å². The van der Waals surface area contributed by atoms with Gasteiger partial charge in [-0.05, 0) is 30.2 Å². The van der Waals surface area contributed by atoms with Crippen LogP contribution in [0.25, 0.3) is 10.9 Å². The summed E-state index contributed by atoms with van der Waals surface area (Å²) in [5.74, 6) is -0.354. The van der Waals surface area contributed by atoms with Crippen LogP contribution in [0.1, 0.15) is 16.0 Å². The number of rotatable bonds is 5. The molecular weight excluding hydrogens is 443 g/mol. The molecule has 0 radical (unpaired) electrons. The standard InChI is InChI=1S/C21H16Cl2N4O2S/c1-12-4-2-6-15-19(12)25-11-27(20(15)29)10-17(28)26-21-24-9-14(30-21)8-13-5-3-7-16(22)18(13)23/h2-7,9,11H,8,10H2,1H3,(H,24,26,28). The van der Waals surface area contributed by atoms with Gasteiger partial charge in [0.15, 0.2) is 5.13 Å². The summed E-state index contributed by atoms with van der Waals surface area (Å²) < 4.78 is 1.29. The fourth-order valence-electron chi connectivity index (χ4n) is 3.08. The number of carbonyl (C=O) groups excluding carboxylic acids is 1. The lowest BCUT2D eigenvalue weighted by molar-refractivity contribution is -0.116. The lowest BCUT2D eigenvalue weighted by atomic mass is 10.1. The molecule has 2 aromatic heterocycles. The van der Waals surface area contributed by atoms with Crippen LogP contribution in [0.5, 0.6) is 0 Å². The molecule has 9 heteroatoms. The zero-order valence-corrected chi connectivity index (χ0v) is 18.2. The maximum Gasteiger partial charge on any atom is 0.261 e. The van der Waals surface area contributed by atoms with E-state index >= 15 is 0 Å². The second-order valence-corrected chi connectivity index (χ2v) is 8.62. The second-order valence-electron chi connectivity index (χ2n) is 6.72. The summed E-state index contributed by atoms with van der Waals surface area (Å²) in [6, 6.07) is 10.9. The van der Waals surface area contributed by atoms with Gasteiger partial charge in [0.1, 0.15) is 6.54 Å². The molecule has 0 unspecified atom stereocenters. The molecule has 6 nitrogen and oxygen atoms in total. The Balaban J connectivity index is 1.46. The predicted octanol–water partition coefficient (Wildman–Crippen LogP) is 4.70. The normalized spacial score (nSPS) is 11.0. The number of carbonyl (C=O) groups is 1. The zero-order chi connectivity index (χ0) is 21.3. The fraction of sp³-hybridized carbons (Fsp3) is 0.143. The summed E-state index contributed by atoms with van der Waals surface area (Å²) in [5, 5.41) is 4.68. The Morgan fingerprint density at radius 1 is 1.17 bits per heavy atom. The summed E-state index contributed by atoms with van der Waals surface area (Å²) in [5.41, 5.74) is 2.18. The Labute approximate surface area is 186 Å². The van der Waals surface area contributed by atoms with Crippen molar-refractivity contribution >= 4 is 56.5 Å². The molecule has 0 aliphatic carbocycles. The van der Waals surface area contributed by atoms with Crippen LogP contribution in [0.15, 0.2) is 53.7 Å². The number of thiazole rings is 1. The van der Waals surface area contributed by atoms with Gasteiger partial charge in [0.25, 0.3) is 5.56 Å². The Bertz CT molecular complexity index is 1320. The van der Waals surface area contributed by atoms with E-state index < -0.39 is 0 Å². The van der Waals surface area contributed by atoms with Gasteiger partial charge in [-0.25, -0.2) is 9.97 Å². The van der Waals surface area contributed by atoms with Gasteiger partial charge in [0, 0.05) is 17.5 Å². The lowest BCUT2D eigenvalue weighted by Gasteiger charge is -2.07. The van der Waals surface area contributed by atoms with Crippen LogP contribution >= 0.6 is 34.5 Å². The van der Waals surface area contributed by atoms with Crippen molar-refractivity contribution in [3.8, 4) is 0 Å². The van der Waals surface area contributed by atoms with Crippen molar-refractivity contribution in [2.75, 3.05) is 5.32 Å². The van der Waals surface area contributed by atoms with E-state index in [0.717, 1.165) is 16.0 Å². The molecule has 2 heterocycles. The number of nitrogens with zero attached hydrogens (tertiary/aromatic N) is 3. The second kappa shape index (κ2) is 8.55. The highest BCUT2D eigenvalue weighted by molar-refractivity contribution is 7.15. The number of aryl methyl sites for hydroxylation is 1. The van der Waals surface area contributed by atoms with E-state index in [1.807, 2.05) is 25.1 Å². The highest BCUT2D eigenvalue weighted by Gasteiger charge is 2.12. The van der Waals surface area contributed by atoms with E-state index in [0.29, 0.717) is 32.5 Å². The van der Waals surface area contributed by atoms with Gasteiger partial charge in [0.05, 0.1) is 27.3 Å². The average molecular weight is 459 g/mol. The van der Waals surface area contributed by atoms with Crippen LogP contribution in [0, 0.1) is 6.92 Å². The van der Waals surface area contributed by atoms with Crippen LogP contribution in [0.3, 0.4) is 0 Å². The Hall–Kier alpha value is -2.74. The molecule has 0 spiro atoms. The average Bonchev–Trinajstić information content (AvgIpc) is 3.15. The summed E-state index contributed by atoms with van der Waals surface area (Å²) in [4.78, 5) is 34.6. The maximum atomic E-state index is 12.6. The molecule has 30 heavy (non-hydrogen) atoms. The van der Waals surface area contributed by atoms with E-state index in [4.69, 9.17) is 23.2 Å². The first-order valence-corrected chi connectivity index (χ1v) is 10.6. The van der Waals surface area contributed by atoms with Crippen molar-refractivity contribution in [2.45, 2.75) is 19.9 Å². The third-order valence-corrected chi connectivity index (χ3v) is 6.34. The molecule has 4 aromatic rings. The van der Waals surface area contributed by atoms with Crippen LogP contribution in [-0.4, -0.2) is 20.4 Å². The summed E-state index contributed by atoms with van der Waals surface area (Å²) in [6.45, 7) is 1.74. The number of amides is 1. The molecule has 1 amide bonds. The fourth-order valence-corrected chi connectivity index (χ4v) is 4.32. The number of anilines is 1. The molecule has 2 aromatic carbocycles.